The van der Waals surface area contributed by atoms with E-state index in [1.54, 1.807) is 13.8 Å². The largest absolute Gasteiger partial charge is 0.480 e. The van der Waals surface area contributed by atoms with Crippen molar-refractivity contribution in [2.75, 3.05) is 13.1 Å². The zero-order chi connectivity index (χ0) is 20.6. The van der Waals surface area contributed by atoms with Gasteiger partial charge in [-0.1, -0.05) is 13.8 Å². The number of carbonyl (C=O) groups excluding carboxylic acids is 1. The van der Waals surface area contributed by atoms with Gasteiger partial charge in [0.15, 0.2) is 0 Å². The highest BCUT2D eigenvalue weighted by molar-refractivity contribution is 5.73. The summed E-state index contributed by atoms with van der Waals surface area (Å²) < 4.78 is 0. The maximum absolute atomic E-state index is 10.2. The molecule has 0 rings (SSSR count). The zero-order valence-electron chi connectivity index (χ0n) is 14.3. The lowest BCUT2D eigenvalue weighted by Gasteiger charge is -2.07. The van der Waals surface area contributed by atoms with E-state index in [-0.39, 0.29) is 12.5 Å². The molecule has 0 aromatic rings. The van der Waals surface area contributed by atoms with Gasteiger partial charge < -0.3 is 43.6 Å². The average molecular weight is 367 g/mol. The highest BCUT2D eigenvalue weighted by Crippen LogP contribution is 1.96. The number of aliphatic carboxylic acids is 3. The molecule has 0 aromatic heterocycles. The van der Waals surface area contributed by atoms with E-state index in [1.165, 1.54) is 0 Å². The number of nitrogens with two attached hydrogens (primary N) is 4. The monoisotopic (exact) mass is 367 g/mol. The summed E-state index contributed by atoms with van der Waals surface area (Å²) in [5, 5.41) is 26.5. The first-order valence-electron chi connectivity index (χ1n) is 7.28. The summed E-state index contributed by atoms with van der Waals surface area (Å²) >= 11 is 0. The molecule has 2 atom stereocenters. The summed E-state index contributed by atoms with van der Waals surface area (Å²) in [4.78, 5) is 39.6. The van der Waals surface area contributed by atoms with Crippen molar-refractivity contribution in [3.8, 4) is 0 Å². The van der Waals surface area contributed by atoms with Crippen LogP contribution in [0.4, 0.5) is 4.79 Å². The fraction of sp³-hybridized carbons (Fsp3) is 0.692. The summed E-state index contributed by atoms with van der Waals surface area (Å²) in [5.74, 6) is -2.91. The van der Waals surface area contributed by atoms with E-state index in [4.69, 9.17) is 32.5 Å². The first-order valence-corrected chi connectivity index (χ1v) is 7.28. The van der Waals surface area contributed by atoms with E-state index in [1.807, 2.05) is 0 Å². The van der Waals surface area contributed by atoms with E-state index >= 15 is 0 Å². The van der Waals surface area contributed by atoms with Gasteiger partial charge in [-0.15, -0.1) is 0 Å². The summed E-state index contributed by atoms with van der Waals surface area (Å²) in [6, 6.07) is -2.19. The number of hydrogen-bond acceptors (Lipinski definition) is 7. The SMILES string of the molecule is CC(C)[C@H](N)C(=O)O.NC(=O)NCCC[C@H](N)C(=O)O.NCC(=O)O. The predicted molar refractivity (Wildman–Crippen MR) is 89.6 cm³/mol. The number of carboxylic acid groups (broad SMARTS) is 3. The summed E-state index contributed by atoms with van der Waals surface area (Å²) in [7, 11) is 0. The number of primary amides is 1. The maximum atomic E-state index is 10.2. The van der Waals surface area contributed by atoms with E-state index in [9.17, 15) is 19.2 Å². The molecule has 148 valence electrons. The van der Waals surface area contributed by atoms with Crippen LogP contribution >= 0.6 is 0 Å². The normalized spacial score (nSPS) is 11.8. The van der Waals surface area contributed by atoms with Crippen molar-refractivity contribution in [1.82, 2.24) is 5.32 Å². The molecule has 0 aliphatic heterocycles. The van der Waals surface area contributed by atoms with E-state index in [2.05, 4.69) is 11.1 Å². The fourth-order valence-electron chi connectivity index (χ4n) is 0.942. The average Bonchev–Trinajstić information content (AvgIpc) is 2.51. The van der Waals surface area contributed by atoms with Crippen LogP contribution in [0.5, 0.6) is 0 Å². The smallest absolute Gasteiger partial charge is 0.320 e. The Morgan fingerprint density at radius 1 is 1.00 bits per heavy atom. The van der Waals surface area contributed by atoms with Crippen LogP contribution in [0.1, 0.15) is 26.7 Å². The highest BCUT2D eigenvalue weighted by Gasteiger charge is 2.14. The Balaban J connectivity index is -0.000000321. The summed E-state index contributed by atoms with van der Waals surface area (Å²) in [5.41, 5.74) is 19.7. The number of nitrogens with one attached hydrogen (secondary N) is 1. The lowest BCUT2D eigenvalue weighted by Crippen LogP contribution is -2.34. The van der Waals surface area contributed by atoms with Gasteiger partial charge in [-0.3, -0.25) is 14.4 Å². The van der Waals surface area contributed by atoms with Crippen molar-refractivity contribution in [3.63, 3.8) is 0 Å². The number of hydrogen-bond donors (Lipinski definition) is 8. The van der Waals surface area contributed by atoms with Crippen molar-refractivity contribution in [2.45, 2.75) is 38.8 Å². The molecule has 12 heteroatoms. The Hall–Kier alpha value is -2.44. The standard InChI is InChI=1S/C6H13N3O3.C5H11NO2.C2H5NO2/c7-4(5(10)11)2-1-3-9-6(8)12;1-3(2)4(6)5(7)8;3-1-2(4)5/h4H,1-3,7H2,(H,10,11)(H3,8,9,12);3-4H,6H2,1-2H3,(H,7,8);1,3H2,(H,4,5)/t2*4-;/m00./s1. The molecule has 0 fully saturated rings. The molecule has 0 unspecified atom stereocenters. The van der Waals surface area contributed by atoms with Crippen LogP contribution in [-0.4, -0.2) is 64.4 Å². The molecule has 0 aromatic carbocycles. The molecule has 0 radical (unpaired) electrons. The second-order valence-corrected chi connectivity index (χ2v) is 5.08. The molecule has 12 nitrogen and oxygen atoms in total. The fourth-order valence-corrected chi connectivity index (χ4v) is 0.942. The minimum atomic E-state index is -1.03. The lowest BCUT2D eigenvalue weighted by molar-refractivity contribution is -0.140. The molecular formula is C13H29N5O7. The summed E-state index contributed by atoms with van der Waals surface area (Å²) in [6.07, 6.45) is 0.839. The maximum Gasteiger partial charge on any atom is 0.320 e. The number of carbonyl (C=O) groups is 4. The van der Waals surface area contributed by atoms with Gasteiger partial charge in [-0.2, -0.15) is 0 Å². The number of amides is 2. The van der Waals surface area contributed by atoms with Gasteiger partial charge in [0.25, 0.3) is 0 Å². The van der Waals surface area contributed by atoms with E-state index in [0.29, 0.717) is 19.4 Å². The first-order chi connectivity index (χ1) is 11.4. The van der Waals surface area contributed by atoms with Crippen molar-refractivity contribution in [1.29, 1.82) is 0 Å². The Morgan fingerprint density at radius 3 is 1.64 bits per heavy atom. The molecule has 0 spiro atoms. The van der Waals surface area contributed by atoms with Crippen LogP contribution in [0.3, 0.4) is 0 Å². The van der Waals surface area contributed by atoms with Gasteiger partial charge in [-0.05, 0) is 18.8 Å². The molecule has 12 N–H and O–H groups in total. The van der Waals surface area contributed by atoms with Gasteiger partial charge in [0, 0.05) is 6.54 Å². The Kier molecular flexibility index (Phi) is 18.0. The topological polar surface area (TPSA) is 245 Å². The van der Waals surface area contributed by atoms with Gasteiger partial charge >= 0.3 is 23.9 Å². The lowest BCUT2D eigenvalue weighted by atomic mass is 10.1. The van der Waals surface area contributed by atoms with Crippen LogP contribution in [-0.2, 0) is 14.4 Å². The third kappa shape index (κ3) is 23.9. The quantitative estimate of drug-likeness (QED) is 0.218. The number of rotatable bonds is 8. The van der Waals surface area contributed by atoms with Crippen LogP contribution in [0.2, 0.25) is 0 Å². The molecule has 0 saturated heterocycles. The Bertz CT molecular complexity index is 418. The van der Waals surface area contributed by atoms with Crippen LogP contribution in [0.15, 0.2) is 0 Å². The summed E-state index contributed by atoms with van der Waals surface area (Å²) in [6.45, 7) is 3.63. The van der Waals surface area contributed by atoms with Crippen molar-refractivity contribution in [2.24, 2.45) is 28.9 Å². The molecule has 0 saturated carbocycles. The third-order valence-electron chi connectivity index (χ3n) is 2.49. The number of urea groups is 1. The molecule has 0 aliphatic rings. The number of carboxylic acids is 3. The Morgan fingerprint density at radius 2 is 1.44 bits per heavy atom. The van der Waals surface area contributed by atoms with Crippen molar-refractivity contribution in [3.05, 3.63) is 0 Å². The van der Waals surface area contributed by atoms with Crippen molar-refractivity contribution >= 4 is 23.9 Å². The minimum Gasteiger partial charge on any atom is -0.480 e. The van der Waals surface area contributed by atoms with Crippen LogP contribution < -0.4 is 28.3 Å². The minimum absolute atomic E-state index is 0.0208. The first kappa shape index (κ1) is 27.4. The molecule has 0 aliphatic carbocycles. The Labute approximate surface area is 145 Å². The van der Waals surface area contributed by atoms with Gasteiger partial charge in [0.05, 0.1) is 6.54 Å². The van der Waals surface area contributed by atoms with E-state index < -0.39 is 36.0 Å². The molecule has 0 heterocycles. The molecular weight excluding hydrogens is 338 g/mol. The highest BCUT2D eigenvalue weighted by atomic mass is 16.4. The van der Waals surface area contributed by atoms with E-state index in [0.717, 1.165) is 0 Å². The van der Waals surface area contributed by atoms with Gasteiger partial charge in [-0.25, -0.2) is 4.79 Å². The predicted octanol–water partition coefficient (Wildman–Crippen LogP) is -2.07. The zero-order valence-corrected chi connectivity index (χ0v) is 14.3. The molecule has 0 bridgehead atoms. The third-order valence-corrected chi connectivity index (χ3v) is 2.49. The second-order valence-electron chi connectivity index (χ2n) is 5.08. The molecule has 25 heavy (non-hydrogen) atoms. The van der Waals surface area contributed by atoms with Gasteiger partial charge in [0.2, 0.25) is 0 Å². The molecule has 2 amide bonds. The van der Waals surface area contributed by atoms with Crippen LogP contribution in [0.25, 0.3) is 0 Å². The van der Waals surface area contributed by atoms with Crippen LogP contribution in [0, 0.1) is 5.92 Å². The second kappa shape index (κ2) is 16.4. The van der Waals surface area contributed by atoms with Gasteiger partial charge in [0.1, 0.15) is 12.1 Å². The van der Waals surface area contributed by atoms with Crippen molar-refractivity contribution < 1.29 is 34.5 Å².